The summed E-state index contributed by atoms with van der Waals surface area (Å²) < 4.78 is 0. The fraction of sp³-hybridized carbons (Fsp3) is 0.941. The Hall–Kier alpha value is -0.330. The molecule has 2 aliphatic carbocycles. The van der Waals surface area contributed by atoms with Crippen LogP contribution in [0.1, 0.15) is 72.6 Å². The van der Waals surface area contributed by atoms with E-state index >= 15 is 0 Å². The lowest BCUT2D eigenvalue weighted by Gasteiger charge is -2.35. The number of carbonyl (C=O) groups excluding carboxylic acids is 1. The molecule has 0 N–H and O–H groups in total. The quantitative estimate of drug-likeness (QED) is 0.616. The summed E-state index contributed by atoms with van der Waals surface area (Å²) in [6, 6.07) is 0. The molecule has 2 fully saturated rings. The van der Waals surface area contributed by atoms with Crippen LogP contribution in [-0.2, 0) is 4.79 Å². The van der Waals surface area contributed by atoms with Gasteiger partial charge in [-0.3, -0.25) is 0 Å². The van der Waals surface area contributed by atoms with Crippen molar-refractivity contribution < 1.29 is 4.79 Å². The van der Waals surface area contributed by atoms with E-state index in [-0.39, 0.29) is 0 Å². The van der Waals surface area contributed by atoms with Gasteiger partial charge in [0.15, 0.2) is 0 Å². The van der Waals surface area contributed by atoms with Crippen LogP contribution in [0.3, 0.4) is 0 Å². The molecule has 4 atom stereocenters. The summed E-state index contributed by atoms with van der Waals surface area (Å²) in [5.41, 5.74) is 1.03. The molecule has 0 aromatic heterocycles. The molecular formula is C17H30O. The SMILES string of the molecule is CCCCC(C=O)CC1(C)CCC2C(C1)C2(C)C. The molecule has 0 bridgehead atoms. The van der Waals surface area contributed by atoms with Crippen molar-refractivity contribution in [3.05, 3.63) is 0 Å². The van der Waals surface area contributed by atoms with Crippen molar-refractivity contribution in [1.29, 1.82) is 0 Å². The summed E-state index contributed by atoms with van der Waals surface area (Å²) in [4.78, 5) is 11.2. The summed E-state index contributed by atoms with van der Waals surface area (Å²) in [5, 5.41) is 0. The molecule has 2 saturated carbocycles. The Labute approximate surface area is 113 Å². The zero-order valence-corrected chi connectivity index (χ0v) is 12.7. The van der Waals surface area contributed by atoms with E-state index in [2.05, 4.69) is 27.7 Å². The van der Waals surface area contributed by atoms with Gasteiger partial charge in [0.2, 0.25) is 0 Å². The van der Waals surface area contributed by atoms with Gasteiger partial charge in [0.1, 0.15) is 6.29 Å². The van der Waals surface area contributed by atoms with Crippen molar-refractivity contribution in [2.45, 2.75) is 72.6 Å². The summed E-state index contributed by atoms with van der Waals surface area (Å²) in [6.45, 7) is 9.51. The zero-order valence-electron chi connectivity index (χ0n) is 12.7. The Kier molecular flexibility index (Phi) is 3.90. The van der Waals surface area contributed by atoms with E-state index in [9.17, 15) is 4.79 Å². The highest BCUT2D eigenvalue weighted by Gasteiger charge is 2.61. The normalized spacial score (nSPS) is 38.9. The number of rotatable bonds is 6. The summed E-state index contributed by atoms with van der Waals surface area (Å²) >= 11 is 0. The van der Waals surface area contributed by atoms with E-state index in [0.29, 0.717) is 16.7 Å². The van der Waals surface area contributed by atoms with Crippen LogP contribution in [0.15, 0.2) is 0 Å². The first kappa shape index (κ1) is 14.1. The van der Waals surface area contributed by atoms with Crippen LogP contribution in [0.25, 0.3) is 0 Å². The first-order valence-corrected chi connectivity index (χ1v) is 7.88. The second kappa shape index (κ2) is 4.98. The first-order chi connectivity index (χ1) is 8.43. The van der Waals surface area contributed by atoms with E-state index in [1.165, 1.54) is 38.4 Å². The molecule has 1 nitrogen and oxygen atoms in total. The zero-order chi connectivity index (χ0) is 13.4. The van der Waals surface area contributed by atoms with Crippen LogP contribution < -0.4 is 0 Å². The molecule has 2 rings (SSSR count). The highest BCUT2D eigenvalue weighted by molar-refractivity contribution is 5.53. The maximum absolute atomic E-state index is 11.2. The lowest BCUT2D eigenvalue weighted by molar-refractivity contribution is -0.112. The molecule has 0 aromatic rings. The predicted octanol–water partition coefficient (Wildman–Crippen LogP) is 4.84. The van der Waals surface area contributed by atoms with Crippen molar-refractivity contribution >= 4 is 6.29 Å². The highest BCUT2D eigenvalue weighted by Crippen LogP contribution is 2.68. The van der Waals surface area contributed by atoms with Crippen LogP contribution in [0.4, 0.5) is 0 Å². The summed E-state index contributed by atoms with van der Waals surface area (Å²) in [6.07, 6.45) is 9.98. The first-order valence-electron chi connectivity index (χ1n) is 7.88. The number of unbranched alkanes of at least 4 members (excludes halogenated alkanes) is 1. The largest absolute Gasteiger partial charge is 0.303 e. The van der Waals surface area contributed by atoms with E-state index in [1.807, 2.05) is 0 Å². The van der Waals surface area contributed by atoms with Gasteiger partial charge in [-0.2, -0.15) is 0 Å². The molecule has 0 aromatic carbocycles. The standard InChI is InChI=1S/C17H30O/c1-5-6-7-13(12-18)10-17(4)9-8-14-15(11-17)16(14,2)3/h12-15H,5-11H2,1-4H3. The van der Waals surface area contributed by atoms with E-state index in [4.69, 9.17) is 0 Å². The number of aldehydes is 1. The molecule has 18 heavy (non-hydrogen) atoms. The van der Waals surface area contributed by atoms with Crippen molar-refractivity contribution in [2.75, 3.05) is 0 Å². The molecule has 1 heteroatoms. The predicted molar refractivity (Wildman–Crippen MR) is 76.4 cm³/mol. The van der Waals surface area contributed by atoms with E-state index < -0.39 is 0 Å². The van der Waals surface area contributed by atoms with Crippen LogP contribution >= 0.6 is 0 Å². The summed E-state index contributed by atoms with van der Waals surface area (Å²) in [5.74, 6) is 2.24. The Balaban J connectivity index is 1.90. The van der Waals surface area contributed by atoms with Crippen molar-refractivity contribution in [1.82, 2.24) is 0 Å². The topological polar surface area (TPSA) is 17.1 Å². The number of carbonyl (C=O) groups is 1. The number of hydrogen-bond acceptors (Lipinski definition) is 1. The van der Waals surface area contributed by atoms with Gasteiger partial charge in [-0.05, 0) is 54.8 Å². The lowest BCUT2D eigenvalue weighted by Crippen LogP contribution is -2.25. The Bertz CT molecular complexity index is 307. The minimum atomic E-state index is 0.313. The van der Waals surface area contributed by atoms with Crippen LogP contribution in [0.2, 0.25) is 0 Å². The highest BCUT2D eigenvalue weighted by atomic mass is 16.1. The van der Waals surface area contributed by atoms with Gasteiger partial charge < -0.3 is 4.79 Å². The molecule has 4 unspecified atom stereocenters. The van der Waals surface area contributed by atoms with Crippen LogP contribution in [-0.4, -0.2) is 6.29 Å². The van der Waals surface area contributed by atoms with Crippen molar-refractivity contribution in [3.8, 4) is 0 Å². The van der Waals surface area contributed by atoms with Gasteiger partial charge in [-0.15, -0.1) is 0 Å². The average Bonchev–Trinajstić information content (AvgIpc) is 2.85. The molecule has 0 saturated heterocycles. The molecule has 0 radical (unpaired) electrons. The van der Waals surface area contributed by atoms with Crippen molar-refractivity contribution in [2.24, 2.45) is 28.6 Å². The fourth-order valence-corrected chi connectivity index (χ4v) is 4.48. The van der Waals surface area contributed by atoms with E-state index in [1.54, 1.807) is 0 Å². The molecule has 0 spiro atoms. The van der Waals surface area contributed by atoms with Gasteiger partial charge >= 0.3 is 0 Å². The van der Waals surface area contributed by atoms with Crippen molar-refractivity contribution in [3.63, 3.8) is 0 Å². The van der Waals surface area contributed by atoms with E-state index in [0.717, 1.165) is 24.7 Å². The second-order valence-electron chi connectivity index (χ2n) is 7.83. The lowest BCUT2D eigenvalue weighted by atomic mass is 9.70. The van der Waals surface area contributed by atoms with Crippen LogP contribution in [0.5, 0.6) is 0 Å². The van der Waals surface area contributed by atoms with Gasteiger partial charge in [0.25, 0.3) is 0 Å². The minimum absolute atomic E-state index is 0.313. The second-order valence-corrected chi connectivity index (χ2v) is 7.83. The van der Waals surface area contributed by atoms with Crippen LogP contribution in [0, 0.1) is 28.6 Å². The molecule has 2 aliphatic rings. The third kappa shape index (κ3) is 2.65. The molecule has 104 valence electrons. The van der Waals surface area contributed by atoms with Gasteiger partial charge in [0, 0.05) is 5.92 Å². The molecule has 0 heterocycles. The summed E-state index contributed by atoms with van der Waals surface area (Å²) in [7, 11) is 0. The minimum Gasteiger partial charge on any atom is -0.303 e. The number of hydrogen-bond donors (Lipinski definition) is 0. The Morgan fingerprint density at radius 2 is 2.00 bits per heavy atom. The fourth-order valence-electron chi connectivity index (χ4n) is 4.48. The van der Waals surface area contributed by atoms with Gasteiger partial charge in [-0.25, -0.2) is 0 Å². The molecule has 0 aliphatic heterocycles. The molecular weight excluding hydrogens is 220 g/mol. The average molecular weight is 250 g/mol. The smallest absolute Gasteiger partial charge is 0.123 e. The monoisotopic (exact) mass is 250 g/mol. The van der Waals surface area contributed by atoms with Gasteiger partial charge in [-0.1, -0.05) is 40.5 Å². The number of fused-ring (bicyclic) bond motifs is 1. The maximum Gasteiger partial charge on any atom is 0.123 e. The maximum atomic E-state index is 11.2. The third-order valence-corrected chi connectivity index (χ3v) is 5.94. The van der Waals surface area contributed by atoms with Gasteiger partial charge in [0.05, 0.1) is 0 Å². The Morgan fingerprint density at radius 3 is 2.56 bits per heavy atom. The molecule has 0 amide bonds. The third-order valence-electron chi connectivity index (χ3n) is 5.94. The Morgan fingerprint density at radius 1 is 1.28 bits per heavy atom.